The second-order valence-corrected chi connectivity index (χ2v) is 2.49. The zero-order chi connectivity index (χ0) is 7.23. The van der Waals surface area contributed by atoms with E-state index < -0.39 is 0 Å². The van der Waals surface area contributed by atoms with Crippen LogP contribution in [0.3, 0.4) is 0 Å². The molecule has 1 saturated heterocycles. The van der Waals surface area contributed by atoms with E-state index in [1.165, 1.54) is 6.42 Å². The van der Waals surface area contributed by atoms with Crippen molar-refractivity contribution >= 4 is 0 Å². The first-order chi connectivity index (χ1) is 4.93. The molecule has 0 aliphatic carbocycles. The minimum absolute atomic E-state index is 0.579. The van der Waals surface area contributed by atoms with Gasteiger partial charge < -0.3 is 4.74 Å². The standard InChI is InChI=1S/C9H14O/c1-2-3-4-5-6-7-9-8-10-9/h2-5,9H,6-8H2,1H3. The Labute approximate surface area is 62.4 Å². The molecule has 0 saturated carbocycles. The Morgan fingerprint density at radius 3 is 2.90 bits per heavy atom. The summed E-state index contributed by atoms with van der Waals surface area (Å²) in [6, 6.07) is 0. The summed E-state index contributed by atoms with van der Waals surface area (Å²) in [6.45, 7) is 3.01. The first kappa shape index (κ1) is 7.55. The maximum absolute atomic E-state index is 5.06. The highest BCUT2D eigenvalue weighted by molar-refractivity contribution is 5.01. The van der Waals surface area contributed by atoms with E-state index in [1.807, 2.05) is 19.1 Å². The first-order valence-corrected chi connectivity index (χ1v) is 3.83. The maximum atomic E-state index is 5.06. The lowest BCUT2D eigenvalue weighted by Gasteiger charge is -1.85. The van der Waals surface area contributed by atoms with Crippen LogP contribution < -0.4 is 0 Å². The Morgan fingerprint density at radius 1 is 1.50 bits per heavy atom. The van der Waals surface area contributed by atoms with Gasteiger partial charge in [-0.25, -0.2) is 0 Å². The molecule has 1 atom stereocenters. The summed E-state index contributed by atoms with van der Waals surface area (Å²) >= 11 is 0. The van der Waals surface area contributed by atoms with Crippen molar-refractivity contribution < 1.29 is 4.74 Å². The fourth-order valence-electron chi connectivity index (χ4n) is 0.803. The smallest absolute Gasteiger partial charge is 0.0812 e. The van der Waals surface area contributed by atoms with Crippen LogP contribution in [-0.2, 0) is 4.74 Å². The molecule has 0 aromatic rings. The van der Waals surface area contributed by atoms with Crippen LogP contribution >= 0.6 is 0 Å². The lowest BCUT2D eigenvalue weighted by Crippen LogP contribution is -1.80. The fraction of sp³-hybridized carbons (Fsp3) is 0.556. The van der Waals surface area contributed by atoms with Crippen molar-refractivity contribution in [1.82, 2.24) is 0 Å². The Hall–Kier alpha value is -0.560. The van der Waals surface area contributed by atoms with Gasteiger partial charge in [-0.2, -0.15) is 0 Å². The van der Waals surface area contributed by atoms with Crippen LogP contribution in [0, 0.1) is 0 Å². The van der Waals surface area contributed by atoms with Crippen LogP contribution in [0.2, 0.25) is 0 Å². The number of allylic oxidation sites excluding steroid dienone is 4. The van der Waals surface area contributed by atoms with Gasteiger partial charge in [0, 0.05) is 0 Å². The summed E-state index contributed by atoms with van der Waals surface area (Å²) in [5, 5.41) is 0. The average molecular weight is 138 g/mol. The fourth-order valence-corrected chi connectivity index (χ4v) is 0.803. The summed E-state index contributed by atoms with van der Waals surface area (Å²) in [6.07, 6.45) is 11.3. The third-order valence-corrected chi connectivity index (χ3v) is 1.50. The molecule has 1 rings (SSSR count). The third-order valence-electron chi connectivity index (χ3n) is 1.50. The molecule has 1 heteroatoms. The Balaban J connectivity index is 1.92. The van der Waals surface area contributed by atoms with Gasteiger partial charge in [0.1, 0.15) is 0 Å². The lowest BCUT2D eigenvalue weighted by atomic mass is 10.2. The molecule has 56 valence electrons. The highest BCUT2D eigenvalue weighted by Crippen LogP contribution is 2.15. The van der Waals surface area contributed by atoms with Crippen LogP contribution in [0.1, 0.15) is 19.8 Å². The van der Waals surface area contributed by atoms with Crippen molar-refractivity contribution in [2.75, 3.05) is 6.61 Å². The van der Waals surface area contributed by atoms with Crippen molar-refractivity contribution in [2.24, 2.45) is 0 Å². The highest BCUT2D eigenvalue weighted by Gasteiger charge is 2.20. The molecule has 1 unspecified atom stereocenters. The molecule has 0 radical (unpaired) electrons. The summed E-state index contributed by atoms with van der Waals surface area (Å²) < 4.78 is 5.06. The van der Waals surface area contributed by atoms with Crippen LogP contribution in [-0.4, -0.2) is 12.7 Å². The van der Waals surface area contributed by atoms with E-state index >= 15 is 0 Å². The molecule has 0 spiro atoms. The molecule has 1 aliphatic heterocycles. The number of hydrogen-bond acceptors (Lipinski definition) is 1. The number of epoxide rings is 1. The van der Waals surface area contributed by atoms with Gasteiger partial charge >= 0.3 is 0 Å². The summed E-state index contributed by atoms with van der Waals surface area (Å²) in [5.41, 5.74) is 0. The van der Waals surface area contributed by atoms with Gasteiger partial charge in [-0.05, 0) is 19.8 Å². The number of ether oxygens (including phenoxy) is 1. The Morgan fingerprint density at radius 2 is 2.30 bits per heavy atom. The van der Waals surface area contributed by atoms with Gasteiger partial charge in [-0.3, -0.25) is 0 Å². The van der Waals surface area contributed by atoms with Crippen molar-refractivity contribution in [3.63, 3.8) is 0 Å². The molecule has 1 heterocycles. The molecule has 0 bridgehead atoms. The molecule has 0 aromatic carbocycles. The minimum atomic E-state index is 0.579. The summed E-state index contributed by atoms with van der Waals surface area (Å²) in [4.78, 5) is 0. The molecule has 0 aromatic heterocycles. The molecule has 10 heavy (non-hydrogen) atoms. The average Bonchev–Trinajstić information content (AvgIpc) is 2.71. The van der Waals surface area contributed by atoms with Crippen molar-refractivity contribution in [3.8, 4) is 0 Å². The Bertz CT molecular complexity index is 132. The second kappa shape index (κ2) is 4.29. The highest BCUT2D eigenvalue weighted by atomic mass is 16.6. The van der Waals surface area contributed by atoms with Crippen molar-refractivity contribution in [2.45, 2.75) is 25.9 Å². The normalized spacial score (nSPS) is 24.7. The topological polar surface area (TPSA) is 12.5 Å². The van der Waals surface area contributed by atoms with Gasteiger partial charge in [0.25, 0.3) is 0 Å². The third kappa shape index (κ3) is 3.46. The Kier molecular flexibility index (Phi) is 3.23. The lowest BCUT2D eigenvalue weighted by molar-refractivity contribution is 0.398. The number of rotatable bonds is 4. The molecular formula is C9H14O. The van der Waals surface area contributed by atoms with E-state index in [1.54, 1.807) is 0 Å². The molecule has 0 amide bonds. The minimum Gasteiger partial charge on any atom is -0.373 e. The van der Waals surface area contributed by atoms with E-state index in [0.29, 0.717) is 6.10 Å². The van der Waals surface area contributed by atoms with E-state index in [9.17, 15) is 0 Å². The van der Waals surface area contributed by atoms with Gasteiger partial charge in [0.2, 0.25) is 0 Å². The predicted molar refractivity (Wildman–Crippen MR) is 42.9 cm³/mol. The van der Waals surface area contributed by atoms with E-state index in [0.717, 1.165) is 13.0 Å². The predicted octanol–water partition coefficient (Wildman–Crippen LogP) is 2.30. The van der Waals surface area contributed by atoms with Gasteiger partial charge in [0.05, 0.1) is 12.7 Å². The van der Waals surface area contributed by atoms with Crippen LogP contribution in [0.4, 0.5) is 0 Å². The molecule has 1 nitrogen and oxygen atoms in total. The molecule has 0 N–H and O–H groups in total. The summed E-state index contributed by atoms with van der Waals surface area (Å²) in [5.74, 6) is 0. The quantitative estimate of drug-likeness (QED) is 0.429. The summed E-state index contributed by atoms with van der Waals surface area (Å²) in [7, 11) is 0. The zero-order valence-electron chi connectivity index (χ0n) is 6.42. The zero-order valence-corrected chi connectivity index (χ0v) is 6.42. The second-order valence-electron chi connectivity index (χ2n) is 2.49. The number of hydrogen-bond donors (Lipinski definition) is 0. The maximum Gasteiger partial charge on any atom is 0.0812 e. The van der Waals surface area contributed by atoms with Crippen molar-refractivity contribution in [1.29, 1.82) is 0 Å². The van der Waals surface area contributed by atoms with Crippen LogP contribution in [0.5, 0.6) is 0 Å². The molecule has 1 fully saturated rings. The van der Waals surface area contributed by atoms with Gasteiger partial charge in [-0.15, -0.1) is 0 Å². The first-order valence-electron chi connectivity index (χ1n) is 3.83. The molecular weight excluding hydrogens is 124 g/mol. The van der Waals surface area contributed by atoms with E-state index in [4.69, 9.17) is 4.74 Å². The van der Waals surface area contributed by atoms with Gasteiger partial charge in [-0.1, -0.05) is 24.3 Å². The van der Waals surface area contributed by atoms with E-state index in [-0.39, 0.29) is 0 Å². The van der Waals surface area contributed by atoms with Crippen LogP contribution in [0.25, 0.3) is 0 Å². The SMILES string of the molecule is CC=CC=CCCC1CO1. The van der Waals surface area contributed by atoms with Crippen molar-refractivity contribution in [3.05, 3.63) is 24.3 Å². The van der Waals surface area contributed by atoms with Crippen LogP contribution in [0.15, 0.2) is 24.3 Å². The largest absolute Gasteiger partial charge is 0.373 e. The monoisotopic (exact) mass is 138 g/mol. The molecule has 1 aliphatic rings. The van der Waals surface area contributed by atoms with Gasteiger partial charge in [0.15, 0.2) is 0 Å². The van der Waals surface area contributed by atoms with E-state index in [2.05, 4.69) is 12.2 Å².